The highest BCUT2D eigenvalue weighted by molar-refractivity contribution is 7.99. The molecular formula is C13H23NO2S. The molecule has 0 spiro atoms. The number of aliphatic hydroxyl groups is 1. The quantitative estimate of drug-likeness (QED) is 0.821. The number of hydrogen-bond acceptors (Lipinski definition) is 3. The van der Waals surface area contributed by atoms with Gasteiger partial charge in [0.15, 0.2) is 0 Å². The zero-order chi connectivity index (χ0) is 12.3. The van der Waals surface area contributed by atoms with E-state index in [0.717, 1.165) is 19.4 Å². The number of hydrogen-bond donors (Lipinski definition) is 1. The lowest BCUT2D eigenvalue weighted by atomic mass is 9.93. The average Bonchev–Trinajstić information content (AvgIpc) is 2.29. The lowest BCUT2D eigenvalue weighted by Crippen LogP contribution is -2.49. The van der Waals surface area contributed by atoms with Crippen LogP contribution < -0.4 is 0 Å². The number of thioether (sulfide) groups is 1. The SMILES string of the molecule is CC1(O)CCCN(C(=O)CC2CCSCC2)C1. The van der Waals surface area contributed by atoms with Crippen LogP contribution in [-0.4, -0.2) is 46.1 Å². The molecule has 0 radical (unpaired) electrons. The van der Waals surface area contributed by atoms with Crippen LogP contribution in [0.4, 0.5) is 0 Å². The molecule has 0 bridgehead atoms. The highest BCUT2D eigenvalue weighted by Gasteiger charge is 2.31. The Morgan fingerprint density at radius 2 is 2.18 bits per heavy atom. The van der Waals surface area contributed by atoms with E-state index in [4.69, 9.17) is 0 Å². The largest absolute Gasteiger partial charge is 0.388 e. The van der Waals surface area contributed by atoms with Gasteiger partial charge in [0.2, 0.25) is 5.91 Å². The van der Waals surface area contributed by atoms with Crippen LogP contribution >= 0.6 is 11.8 Å². The minimum Gasteiger partial charge on any atom is -0.388 e. The van der Waals surface area contributed by atoms with Crippen LogP contribution in [0, 0.1) is 5.92 Å². The van der Waals surface area contributed by atoms with E-state index in [0.29, 0.717) is 18.9 Å². The zero-order valence-corrected chi connectivity index (χ0v) is 11.5. The van der Waals surface area contributed by atoms with Crippen LogP contribution in [0.3, 0.4) is 0 Å². The van der Waals surface area contributed by atoms with Crippen molar-refractivity contribution < 1.29 is 9.90 Å². The molecule has 3 nitrogen and oxygen atoms in total. The molecule has 2 rings (SSSR count). The molecule has 2 fully saturated rings. The number of β-amino-alcohol motifs (C(OH)–C–C–N with tert-alkyl or cyclic N) is 1. The van der Waals surface area contributed by atoms with Gasteiger partial charge in [-0.15, -0.1) is 0 Å². The average molecular weight is 257 g/mol. The van der Waals surface area contributed by atoms with Crippen molar-refractivity contribution in [1.29, 1.82) is 0 Å². The van der Waals surface area contributed by atoms with Crippen molar-refractivity contribution in [2.45, 2.75) is 44.6 Å². The van der Waals surface area contributed by atoms with Gasteiger partial charge in [-0.3, -0.25) is 4.79 Å². The zero-order valence-electron chi connectivity index (χ0n) is 10.7. The Labute approximate surface area is 108 Å². The highest BCUT2D eigenvalue weighted by Crippen LogP contribution is 2.27. The van der Waals surface area contributed by atoms with E-state index in [-0.39, 0.29) is 5.91 Å². The first kappa shape index (κ1) is 13.2. The number of rotatable bonds is 2. The van der Waals surface area contributed by atoms with Gasteiger partial charge in [0.1, 0.15) is 0 Å². The molecule has 1 amide bonds. The van der Waals surface area contributed by atoms with Crippen molar-refractivity contribution in [2.75, 3.05) is 24.6 Å². The number of amides is 1. The van der Waals surface area contributed by atoms with Gasteiger partial charge in [-0.1, -0.05) is 0 Å². The molecule has 0 aromatic carbocycles. The summed E-state index contributed by atoms with van der Waals surface area (Å²) in [5, 5.41) is 10.0. The predicted octanol–water partition coefficient (Wildman–Crippen LogP) is 1.89. The van der Waals surface area contributed by atoms with Gasteiger partial charge in [-0.2, -0.15) is 11.8 Å². The van der Waals surface area contributed by atoms with Crippen LogP contribution in [0.15, 0.2) is 0 Å². The van der Waals surface area contributed by atoms with Gasteiger partial charge in [0, 0.05) is 19.5 Å². The minimum atomic E-state index is -0.670. The molecule has 0 aromatic rings. The van der Waals surface area contributed by atoms with Crippen molar-refractivity contribution in [3.05, 3.63) is 0 Å². The van der Waals surface area contributed by atoms with Gasteiger partial charge < -0.3 is 10.0 Å². The Balaban J connectivity index is 1.82. The van der Waals surface area contributed by atoms with Crippen LogP contribution in [0.5, 0.6) is 0 Å². The maximum absolute atomic E-state index is 12.2. The lowest BCUT2D eigenvalue weighted by molar-refractivity contribution is -0.138. The topological polar surface area (TPSA) is 40.5 Å². The van der Waals surface area contributed by atoms with Crippen molar-refractivity contribution >= 4 is 17.7 Å². The summed E-state index contributed by atoms with van der Waals surface area (Å²) < 4.78 is 0. The van der Waals surface area contributed by atoms with Crippen LogP contribution in [0.2, 0.25) is 0 Å². The molecule has 4 heteroatoms. The molecule has 2 heterocycles. The lowest BCUT2D eigenvalue weighted by Gasteiger charge is -2.37. The first-order valence-electron chi connectivity index (χ1n) is 6.65. The normalized spacial score (nSPS) is 31.5. The van der Waals surface area contributed by atoms with Gasteiger partial charge in [-0.25, -0.2) is 0 Å². The first-order valence-corrected chi connectivity index (χ1v) is 7.80. The van der Waals surface area contributed by atoms with E-state index >= 15 is 0 Å². The summed E-state index contributed by atoms with van der Waals surface area (Å²) in [7, 11) is 0. The number of likely N-dealkylation sites (tertiary alicyclic amines) is 1. The smallest absolute Gasteiger partial charge is 0.222 e. The molecule has 1 atom stereocenters. The molecule has 0 saturated carbocycles. The van der Waals surface area contributed by atoms with E-state index in [1.54, 1.807) is 0 Å². The molecule has 2 aliphatic rings. The Bertz CT molecular complexity index is 275. The molecule has 2 saturated heterocycles. The number of piperidine rings is 1. The summed E-state index contributed by atoms with van der Waals surface area (Å²) in [6.45, 7) is 3.19. The summed E-state index contributed by atoms with van der Waals surface area (Å²) >= 11 is 2.00. The van der Waals surface area contributed by atoms with Gasteiger partial charge >= 0.3 is 0 Å². The standard InChI is InChI=1S/C13H23NO2S/c1-13(16)5-2-6-14(10-13)12(15)9-11-3-7-17-8-4-11/h11,16H,2-10H2,1H3. The van der Waals surface area contributed by atoms with Gasteiger partial charge in [0.05, 0.1) is 5.60 Å². The summed E-state index contributed by atoms with van der Waals surface area (Å²) in [5.41, 5.74) is -0.670. The minimum absolute atomic E-state index is 0.252. The van der Waals surface area contributed by atoms with Crippen molar-refractivity contribution in [2.24, 2.45) is 5.92 Å². The summed E-state index contributed by atoms with van der Waals surface area (Å²) in [6.07, 6.45) is 4.80. The van der Waals surface area contributed by atoms with E-state index in [1.807, 2.05) is 23.6 Å². The van der Waals surface area contributed by atoms with Crippen molar-refractivity contribution in [3.63, 3.8) is 0 Å². The maximum Gasteiger partial charge on any atom is 0.222 e. The fourth-order valence-corrected chi connectivity index (χ4v) is 3.96. The molecule has 0 aliphatic carbocycles. The molecule has 2 aliphatic heterocycles. The Morgan fingerprint density at radius 3 is 2.82 bits per heavy atom. The van der Waals surface area contributed by atoms with Crippen molar-refractivity contribution in [3.8, 4) is 0 Å². The Hall–Kier alpha value is -0.220. The van der Waals surface area contributed by atoms with Crippen molar-refractivity contribution in [1.82, 2.24) is 4.90 Å². The second-order valence-corrected chi connectivity index (χ2v) is 6.90. The molecule has 1 unspecified atom stereocenters. The van der Waals surface area contributed by atoms with Crippen LogP contribution in [0.25, 0.3) is 0 Å². The van der Waals surface area contributed by atoms with Crippen LogP contribution in [-0.2, 0) is 4.79 Å². The molecule has 98 valence electrons. The summed E-state index contributed by atoms with van der Waals surface area (Å²) in [5.74, 6) is 3.24. The number of carbonyl (C=O) groups excluding carboxylic acids is 1. The van der Waals surface area contributed by atoms with Gasteiger partial charge in [0.25, 0.3) is 0 Å². The maximum atomic E-state index is 12.2. The Morgan fingerprint density at radius 1 is 1.47 bits per heavy atom. The molecular weight excluding hydrogens is 234 g/mol. The molecule has 1 N–H and O–H groups in total. The predicted molar refractivity (Wildman–Crippen MR) is 71.1 cm³/mol. The van der Waals surface area contributed by atoms with Gasteiger partial charge in [-0.05, 0) is 50.0 Å². The number of carbonyl (C=O) groups is 1. The third kappa shape index (κ3) is 3.88. The highest BCUT2D eigenvalue weighted by atomic mass is 32.2. The second-order valence-electron chi connectivity index (χ2n) is 5.68. The fourth-order valence-electron chi connectivity index (χ4n) is 2.76. The number of nitrogens with zero attached hydrogens (tertiary/aromatic N) is 1. The second kappa shape index (κ2) is 5.61. The summed E-state index contributed by atoms with van der Waals surface area (Å²) in [6, 6.07) is 0. The van der Waals surface area contributed by atoms with E-state index in [2.05, 4.69) is 0 Å². The third-order valence-electron chi connectivity index (χ3n) is 3.83. The van der Waals surface area contributed by atoms with Crippen LogP contribution in [0.1, 0.15) is 39.0 Å². The molecule has 0 aromatic heterocycles. The molecule has 17 heavy (non-hydrogen) atoms. The summed E-state index contributed by atoms with van der Waals surface area (Å²) in [4.78, 5) is 14.0. The third-order valence-corrected chi connectivity index (χ3v) is 4.88. The fraction of sp³-hybridized carbons (Fsp3) is 0.923. The van der Waals surface area contributed by atoms with E-state index < -0.39 is 5.60 Å². The van der Waals surface area contributed by atoms with E-state index in [1.165, 1.54) is 24.3 Å². The monoisotopic (exact) mass is 257 g/mol. The van der Waals surface area contributed by atoms with E-state index in [9.17, 15) is 9.90 Å². The Kier molecular flexibility index (Phi) is 4.36. The first-order chi connectivity index (χ1) is 8.07.